The maximum absolute atomic E-state index is 12.0. The van der Waals surface area contributed by atoms with Crippen molar-refractivity contribution in [2.24, 2.45) is 0 Å². The van der Waals surface area contributed by atoms with Crippen molar-refractivity contribution in [3.05, 3.63) is 33.4 Å². The highest BCUT2D eigenvalue weighted by Crippen LogP contribution is 2.35. The van der Waals surface area contributed by atoms with E-state index in [1.807, 2.05) is 0 Å². The van der Waals surface area contributed by atoms with Crippen LogP contribution in [0.3, 0.4) is 0 Å². The number of imide groups is 1. The third-order valence-corrected chi connectivity index (χ3v) is 3.73. The number of esters is 1. The Kier molecular flexibility index (Phi) is 5.69. The lowest BCUT2D eigenvalue weighted by Gasteiger charge is -2.10. The molecule has 128 valence electrons. The molecule has 1 heterocycles. The van der Waals surface area contributed by atoms with Gasteiger partial charge in [0.25, 0.3) is 5.91 Å². The number of nitrogens with zero attached hydrogens (tertiary/aromatic N) is 1. The van der Waals surface area contributed by atoms with E-state index in [-0.39, 0.29) is 34.6 Å². The Bertz CT molecular complexity index is 710. The molecule has 0 aliphatic carbocycles. The number of hydrogen-bond donors (Lipinski definition) is 1. The highest BCUT2D eigenvalue weighted by Gasteiger charge is 2.32. The zero-order valence-corrected chi connectivity index (χ0v) is 14.4. The molecular formula is C15H14Cl2N2O5. The second-order valence-corrected chi connectivity index (χ2v) is 5.53. The van der Waals surface area contributed by atoms with E-state index < -0.39 is 17.9 Å². The van der Waals surface area contributed by atoms with Crippen LogP contribution in [0.4, 0.5) is 4.79 Å². The van der Waals surface area contributed by atoms with Crippen molar-refractivity contribution < 1.29 is 23.9 Å². The summed E-state index contributed by atoms with van der Waals surface area (Å²) < 4.78 is 9.68. The average molecular weight is 373 g/mol. The van der Waals surface area contributed by atoms with E-state index in [0.29, 0.717) is 5.56 Å². The highest BCUT2D eigenvalue weighted by molar-refractivity contribution is 6.37. The molecule has 1 aliphatic rings. The van der Waals surface area contributed by atoms with Gasteiger partial charge in [-0.25, -0.2) is 9.59 Å². The van der Waals surface area contributed by atoms with Gasteiger partial charge in [0.15, 0.2) is 12.4 Å². The Morgan fingerprint density at radius 3 is 2.42 bits per heavy atom. The van der Waals surface area contributed by atoms with Gasteiger partial charge in [-0.2, -0.15) is 0 Å². The Hall–Kier alpha value is -2.25. The van der Waals surface area contributed by atoms with Crippen LogP contribution < -0.4 is 10.1 Å². The summed E-state index contributed by atoms with van der Waals surface area (Å²) in [6, 6.07) is 2.52. The Morgan fingerprint density at radius 1 is 1.29 bits per heavy atom. The van der Waals surface area contributed by atoms with Crippen molar-refractivity contribution in [3.63, 3.8) is 0 Å². The number of nitrogens with one attached hydrogen (secondary N) is 1. The zero-order valence-electron chi connectivity index (χ0n) is 12.9. The van der Waals surface area contributed by atoms with Gasteiger partial charge < -0.3 is 14.8 Å². The fourth-order valence-electron chi connectivity index (χ4n) is 2.02. The molecule has 1 fully saturated rings. The largest absolute Gasteiger partial charge is 0.479 e. The predicted molar refractivity (Wildman–Crippen MR) is 87.9 cm³/mol. The molecule has 1 aromatic carbocycles. The third-order valence-electron chi connectivity index (χ3n) is 3.17. The van der Waals surface area contributed by atoms with Crippen molar-refractivity contribution in [2.75, 3.05) is 20.3 Å². The number of likely N-dealkylation sites (N-methyl/N-ethyl adjacent to an activating group) is 1. The quantitative estimate of drug-likeness (QED) is 0.487. The summed E-state index contributed by atoms with van der Waals surface area (Å²) in [5, 5.41) is 2.78. The number of hydrogen-bond acceptors (Lipinski definition) is 5. The van der Waals surface area contributed by atoms with Crippen LogP contribution in [-0.2, 0) is 14.3 Å². The average Bonchev–Trinajstić information content (AvgIpc) is 2.79. The van der Waals surface area contributed by atoms with Crippen LogP contribution in [0.2, 0.25) is 10.0 Å². The molecule has 1 saturated heterocycles. The van der Waals surface area contributed by atoms with Gasteiger partial charge in [0.2, 0.25) is 0 Å². The Labute approximate surface area is 148 Å². The molecule has 0 spiro atoms. The van der Waals surface area contributed by atoms with Crippen LogP contribution >= 0.6 is 23.2 Å². The molecule has 0 radical (unpaired) electrons. The summed E-state index contributed by atoms with van der Waals surface area (Å²) in [7, 11) is 1.23. The van der Waals surface area contributed by atoms with Gasteiger partial charge in [0.1, 0.15) is 5.70 Å². The van der Waals surface area contributed by atoms with E-state index in [1.165, 1.54) is 25.3 Å². The van der Waals surface area contributed by atoms with Gasteiger partial charge in [0.05, 0.1) is 17.2 Å². The number of carbonyl (C=O) groups excluding carboxylic acids is 3. The topological polar surface area (TPSA) is 84.9 Å². The van der Waals surface area contributed by atoms with Crippen LogP contribution in [-0.4, -0.2) is 43.1 Å². The highest BCUT2D eigenvalue weighted by atomic mass is 35.5. The summed E-state index contributed by atoms with van der Waals surface area (Å²) in [6.45, 7) is 1.63. The Morgan fingerprint density at radius 2 is 1.92 bits per heavy atom. The molecule has 0 bridgehead atoms. The summed E-state index contributed by atoms with van der Waals surface area (Å²) >= 11 is 12.2. The minimum absolute atomic E-state index is 0.122. The minimum Gasteiger partial charge on any atom is -0.479 e. The molecule has 0 unspecified atom stereocenters. The maximum atomic E-state index is 12.0. The normalized spacial score (nSPS) is 15.7. The first-order valence-corrected chi connectivity index (χ1v) is 7.66. The van der Waals surface area contributed by atoms with Crippen molar-refractivity contribution in [2.45, 2.75) is 6.92 Å². The number of halogens is 2. The van der Waals surface area contributed by atoms with E-state index in [4.69, 9.17) is 27.9 Å². The first kappa shape index (κ1) is 18.1. The van der Waals surface area contributed by atoms with Gasteiger partial charge in [0, 0.05) is 6.54 Å². The van der Waals surface area contributed by atoms with E-state index in [0.717, 1.165) is 4.90 Å². The van der Waals surface area contributed by atoms with Gasteiger partial charge in [-0.05, 0) is 30.7 Å². The molecule has 1 N–H and O–H groups in total. The van der Waals surface area contributed by atoms with Crippen LogP contribution in [0.1, 0.15) is 12.5 Å². The molecule has 24 heavy (non-hydrogen) atoms. The molecule has 1 aliphatic heterocycles. The molecule has 2 rings (SSSR count). The van der Waals surface area contributed by atoms with Gasteiger partial charge in [-0.15, -0.1) is 0 Å². The molecule has 9 heteroatoms. The number of carbonyl (C=O) groups is 3. The van der Waals surface area contributed by atoms with Crippen molar-refractivity contribution in [1.29, 1.82) is 0 Å². The maximum Gasteiger partial charge on any atom is 0.343 e. The number of benzene rings is 1. The smallest absolute Gasteiger partial charge is 0.343 e. The number of ether oxygens (including phenoxy) is 2. The van der Waals surface area contributed by atoms with Crippen molar-refractivity contribution in [3.8, 4) is 5.75 Å². The second-order valence-electron chi connectivity index (χ2n) is 4.72. The first-order chi connectivity index (χ1) is 11.4. The van der Waals surface area contributed by atoms with E-state index in [9.17, 15) is 14.4 Å². The van der Waals surface area contributed by atoms with Gasteiger partial charge in [-0.1, -0.05) is 23.2 Å². The Balaban J connectivity index is 2.24. The monoisotopic (exact) mass is 372 g/mol. The van der Waals surface area contributed by atoms with Crippen molar-refractivity contribution >= 4 is 47.2 Å². The standard InChI is InChI=1S/C15H14Cl2N2O5/c1-3-19-14(21)11(18-15(19)22)6-8-4-9(16)13(10(17)5-8)24-7-12(20)23-2/h4-6H,3,7H2,1-2H3,(H,18,22)/b11-6+. The summed E-state index contributed by atoms with van der Waals surface area (Å²) in [6.07, 6.45) is 1.46. The molecule has 1 aromatic rings. The fourth-order valence-corrected chi connectivity index (χ4v) is 2.63. The summed E-state index contributed by atoms with van der Waals surface area (Å²) in [5.74, 6) is -0.879. The molecule has 0 aromatic heterocycles. The first-order valence-electron chi connectivity index (χ1n) is 6.90. The van der Waals surface area contributed by atoms with E-state index >= 15 is 0 Å². The lowest BCUT2D eigenvalue weighted by Crippen LogP contribution is -2.30. The fraction of sp³-hybridized carbons (Fsp3) is 0.267. The number of rotatable bonds is 5. The van der Waals surface area contributed by atoms with E-state index in [1.54, 1.807) is 6.92 Å². The van der Waals surface area contributed by atoms with Crippen LogP contribution in [0, 0.1) is 0 Å². The van der Waals surface area contributed by atoms with Crippen LogP contribution in [0.5, 0.6) is 5.75 Å². The summed E-state index contributed by atoms with van der Waals surface area (Å²) in [4.78, 5) is 35.8. The van der Waals surface area contributed by atoms with E-state index in [2.05, 4.69) is 10.1 Å². The molecule has 3 amide bonds. The molecular weight excluding hydrogens is 359 g/mol. The number of urea groups is 1. The predicted octanol–water partition coefficient (Wildman–Crippen LogP) is 2.46. The third kappa shape index (κ3) is 3.80. The van der Waals surface area contributed by atoms with Crippen molar-refractivity contribution in [1.82, 2.24) is 10.2 Å². The second kappa shape index (κ2) is 7.55. The molecule has 0 atom stereocenters. The van der Waals surface area contributed by atoms with Gasteiger partial charge >= 0.3 is 12.0 Å². The molecule has 0 saturated carbocycles. The molecule has 7 nitrogen and oxygen atoms in total. The lowest BCUT2D eigenvalue weighted by atomic mass is 10.1. The SMILES string of the molecule is CCN1C(=O)N/C(=C/c2cc(Cl)c(OCC(=O)OC)c(Cl)c2)C1=O. The zero-order chi connectivity index (χ0) is 17.9. The lowest BCUT2D eigenvalue weighted by molar-refractivity contribution is -0.142. The summed E-state index contributed by atoms with van der Waals surface area (Å²) in [5.41, 5.74) is 0.620. The number of methoxy groups -OCH3 is 1. The minimum atomic E-state index is -0.577. The van der Waals surface area contributed by atoms with Crippen LogP contribution in [0.15, 0.2) is 17.8 Å². The number of amides is 3. The van der Waals surface area contributed by atoms with Crippen LogP contribution in [0.25, 0.3) is 6.08 Å². The van der Waals surface area contributed by atoms with Gasteiger partial charge in [-0.3, -0.25) is 9.69 Å².